The maximum atomic E-state index is 12.3. The normalized spacial score (nSPS) is 18.7. The number of hydrogen-bond donors (Lipinski definition) is 1. The Bertz CT molecular complexity index is 545. The highest BCUT2D eigenvalue weighted by Crippen LogP contribution is 2.21. The smallest absolute Gasteiger partial charge is 0.376 e. The Labute approximate surface area is 146 Å². The van der Waals surface area contributed by atoms with Gasteiger partial charge >= 0.3 is 5.97 Å². The number of nitrogens with one attached hydrogen (secondary N) is 1. The Balaban J connectivity index is 2.20. The summed E-state index contributed by atoms with van der Waals surface area (Å²) in [5.41, 5.74) is 3.81. The first-order valence-electron chi connectivity index (χ1n) is 8.18. The van der Waals surface area contributed by atoms with Crippen molar-refractivity contribution >= 4 is 33.4 Å². The molecule has 1 aliphatic rings. The average Bonchev–Trinajstić information content (AvgIpc) is 2.57. The van der Waals surface area contributed by atoms with Crippen LogP contribution in [0.3, 0.4) is 0 Å². The van der Waals surface area contributed by atoms with Crippen LogP contribution in [-0.2, 0) is 9.53 Å². The fourth-order valence-corrected chi connectivity index (χ4v) is 3.03. The highest BCUT2D eigenvalue weighted by Gasteiger charge is 2.29. The summed E-state index contributed by atoms with van der Waals surface area (Å²) in [4.78, 5) is 14.4. The topological polar surface area (TPSA) is 53.9 Å². The molecule has 1 heterocycles. The van der Waals surface area contributed by atoms with Gasteiger partial charge in [-0.3, -0.25) is 5.43 Å². The first-order valence-corrected chi connectivity index (χ1v) is 8.98. The van der Waals surface area contributed by atoms with E-state index < -0.39 is 0 Å². The molecule has 0 unspecified atom stereocenters. The van der Waals surface area contributed by atoms with Crippen molar-refractivity contribution in [2.45, 2.75) is 45.6 Å². The molecule has 1 fully saturated rings. The highest BCUT2D eigenvalue weighted by molar-refractivity contribution is 9.10. The molecule has 1 N–H and O–H groups in total. The zero-order valence-electron chi connectivity index (χ0n) is 13.7. The minimum absolute atomic E-state index is 0.346. The third kappa shape index (κ3) is 4.96. The summed E-state index contributed by atoms with van der Waals surface area (Å²) in [5.74, 6) is 0.0128. The van der Waals surface area contributed by atoms with E-state index in [0.717, 1.165) is 36.0 Å². The van der Waals surface area contributed by atoms with E-state index in [1.54, 1.807) is 0 Å². The lowest BCUT2D eigenvalue weighted by Crippen LogP contribution is -2.47. The molecule has 2 rings (SSSR count). The van der Waals surface area contributed by atoms with Gasteiger partial charge in [-0.05, 0) is 56.9 Å². The standard InChI is InChI=1S/C17H24BrN3O2/c1-3-15-7-5-6-12-21(15)16(17(22)23-4-2)20-19-14-10-8-13(18)9-11-14/h8-11,15,19H,3-7,12H2,1-2H3/t15-/m0/s1. The summed E-state index contributed by atoms with van der Waals surface area (Å²) in [6.07, 6.45) is 4.36. The van der Waals surface area contributed by atoms with Gasteiger partial charge in [0.05, 0.1) is 12.3 Å². The van der Waals surface area contributed by atoms with Gasteiger partial charge in [0.25, 0.3) is 0 Å². The third-order valence-electron chi connectivity index (χ3n) is 3.96. The van der Waals surface area contributed by atoms with Gasteiger partial charge in [-0.1, -0.05) is 22.9 Å². The molecule has 23 heavy (non-hydrogen) atoms. The molecule has 0 radical (unpaired) electrons. The number of piperidine rings is 1. The maximum absolute atomic E-state index is 12.3. The molecule has 1 atom stereocenters. The Hall–Kier alpha value is -1.56. The SMILES string of the molecule is CCOC(=O)C(=NNc1ccc(Br)cc1)N1CCCC[C@@H]1CC. The molecular weight excluding hydrogens is 358 g/mol. The van der Waals surface area contributed by atoms with E-state index >= 15 is 0 Å². The molecule has 126 valence electrons. The van der Waals surface area contributed by atoms with Crippen molar-refractivity contribution in [3.05, 3.63) is 28.7 Å². The van der Waals surface area contributed by atoms with Gasteiger partial charge in [-0.15, -0.1) is 5.10 Å². The van der Waals surface area contributed by atoms with Crippen LogP contribution in [0, 0.1) is 0 Å². The maximum Gasteiger partial charge on any atom is 0.376 e. The van der Waals surface area contributed by atoms with Crippen LogP contribution in [0.25, 0.3) is 0 Å². The molecule has 0 spiro atoms. The van der Waals surface area contributed by atoms with E-state index in [1.807, 2.05) is 31.2 Å². The fourth-order valence-electron chi connectivity index (χ4n) is 2.77. The summed E-state index contributed by atoms with van der Waals surface area (Å²) < 4.78 is 6.20. The molecule has 1 aliphatic heterocycles. The van der Waals surface area contributed by atoms with Crippen molar-refractivity contribution < 1.29 is 9.53 Å². The molecule has 0 aliphatic carbocycles. The van der Waals surface area contributed by atoms with Crippen molar-refractivity contribution in [1.82, 2.24) is 4.90 Å². The lowest BCUT2D eigenvalue weighted by molar-refractivity contribution is -0.136. The molecule has 0 aromatic heterocycles. The van der Waals surface area contributed by atoms with Crippen molar-refractivity contribution in [2.24, 2.45) is 5.10 Å². The number of carbonyl (C=O) groups excluding carboxylic acids is 1. The van der Waals surface area contributed by atoms with Crippen LogP contribution in [0.4, 0.5) is 5.69 Å². The summed E-state index contributed by atoms with van der Waals surface area (Å²) >= 11 is 3.40. The Morgan fingerprint density at radius 2 is 2.09 bits per heavy atom. The zero-order chi connectivity index (χ0) is 16.7. The predicted octanol–water partition coefficient (Wildman–Crippen LogP) is 4.00. The van der Waals surface area contributed by atoms with Crippen molar-refractivity contribution in [2.75, 3.05) is 18.6 Å². The molecule has 1 aromatic carbocycles. The highest BCUT2D eigenvalue weighted by atomic mass is 79.9. The minimum atomic E-state index is -0.363. The van der Waals surface area contributed by atoms with E-state index in [4.69, 9.17) is 4.74 Å². The summed E-state index contributed by atoms with van der Waals surface area (Å²) in [7, 11) is 0. The molecule has 0 bridgehead atoms. The quantitative estimate of drug-likeness (QED) is 0.370. The Kier molecular flexibility index (Phi) is 6.89. The average molecular weight is 382 g/mol. The van der Waals surface area contributed by atoms with Crippen LogP contribution < -0.4 is 5.43 Å². The Morgan fingerprint density at radius 3 is 2.74 bits per heavy atom. The van der Waals surface area contributed by atoms with E-state index in [0.29, 0.717) is 18.5 Å². The second-order valence-corrected chi connectivity index (χ2v) is 6.44. The van der Waals surface area contributed by atoms with Crippen LogP contribution in [0.1, 0.15) is 39.5 Å². The molecule has 6 heteroatoms. The number of benzene rings is 1. The van der Waals surface area contributed by atoms with Gasteiger partial charge in [-0.25, -0.2) is 4.79 Å². The van der Waals surface area contributed by atoms with Gasteiger partial charge in [0.15, 0.2) is 0 Å². The molecular formula is C17H24BrN3O2. The van der Waals surface area contributed by atoms with Crippen LogP contribution in [0.2, 0.25) is 0 Å². The molecule has 5 nitrogen and oxygen atoms in total. The zero-order valence-corrected chi connectivity index (χ0v) is 15.3. The molecule has 0 saturated carbocycles. The number of ether oxygens (including phenoxy) is 1. The van der Waals surface area contributed by atoms with Gasteiger partial charge in [0, 0.05) is 17.1 Å². The van der Waals surface area contributed by atoms with E-state index in [-0.39, 0.29) is 5.97 Å². The van der Waals surface area contributed by atoms with Crippen LogP contribution in [0.15, 0.2) is 33.8 Å². The van der Waals surface area contributed by atoms with Crippen molar-refractivity contribution in [1.29, 1.82) is 0 Å². The van der Waals surface area contributed by atoms with E-state index in [2.05, 4.69) is 38.3 Å². The summed E-state index contributed by atoms with van der Waals surface area (Å²) in [6.45, 7) is 5.15. The number of likely N-dealkylation sites (tertiary alicyclic amines) is 1. The number of rotatable bonds is 4. The minimum Gasteiger partial charge on any atom is -0.460 e. The monoisotopic (exact) mass is 381 g/mol. The number of nitrogens with zero attached hydrogens (tertiary/aromatic N) is 2. The van der Waals surface area contributed by atoms with Crippen LogP contribution in [-0.4, -0.2) is 35.9 Å². The Morgan fingerprint density at radius 1 is 1.35 bits per heavy atom. The predicted molar refractivity (Wildman–Crippen MR) is 96.5 cm³/mol. The number of hydrogen-bond acceptors (Lipinski definition) is 4. The molecule has 1 saturated heterocycles. The fraction of sp³-hybridized carbons (Fsp3) is 0.529. The van der Waals surface area contributed by atoms with Crippen LogP contribution in [0.5, 0.6) is 0 Å². The largest absolute Gasteiger partial charge is 0.460 e. The number of halogens is 1. The van der Waals surface area contributed by atoms with E-state index in [9.17, 15) is 4.79 Å². The first-order chi connectivity index (χ1) is 11.2. The number of amidine groups is 1. The number of hydrazone groups is 1. The lowest BCUT2D eigenvalue weighted by atomic mass is 10.00. The van der Waals surface area contributed by atoms with Crippen LogP contribution >= 0.6 is 15.9 Å². The van der Waals surface area contributed by atoms with Crippen molar-refractivity contribution in [3.8, 4) is 0 Å². The second-order valence-electron chi connectivity index (χ2n) is 5.53. The number of carbonyl (C=O) groups is 1. The summed E-state index contributed by atoms with van der Waals surface area (Å²) in [6, 6.07) is 8.02. The van der Waals surface area contributed by atoms with Gasteiger partial charge in [0.1, 0.15) is 0 Å². The third-order valence-corrected chi connectivity index (χ3v) is 4.49. The number of anilines is 1. The van der Waals surface area contributed by atoms with Gasteiger partial charge < -0.3 is 9.64 Å². The molecule has 1 aromatic rings. The van der Waals surface area contributed by atoms with Crippen molar-refractivity contribution in [3.63, 3.8) is 0 Å². The molecule has 0 amide bonds. The number of esters is 1. The lowest BCUT2D eigenvalue weighted by Gasteiger charge is -2.36. The summed E-state index contributed by atoms with van der Waals surface area (Å²) in [5, 5.41) is 4.37. The second kappa shape index (κ2) is 8.91. The van der Waals surface area contributed by atoms with E-state index in [1.165, 1.54) is 6.42 Å². The van der Waals surface area contributed by atoms with Gasteiger partial charge in [0.2, 0.25) is 5.84 Å². The van der Waals surface area contributed by atoms with Gasteiger partial charge in [-0.2, -0.15) is 0 Å². The first kappa shape index (κ1) is 17.8.